The fourth-order valence-corrected chi connectivity index (χ4v) is 4.99. The van der Waals surface area contributed by atoms with Crippen LogP contribution in [-0.4, -0.2) is 48.2 Å². The number of carbonyl (C=O) groups is 1. The first-order valence-electron chi connectivity index (χ1n) is 14.6. The highest BCUT2D eigenvalue weighted by Crippen LogP contribution is 2.17. The molecule has 0 saturated carbocycles. The van der Waals surface area contributed by atoms with E-state index in [1.165, 1.54) is 17.7 Å². The lowest BCUT2D eigenvalue weighted by atomic mass is 9.99. The van der Waals surface area contributed by atoms with Crippen LogP contribution in [0.3, 0.4) is 0 Å². The van der Waals surface area contributed by atoms with Crippen LogP contribution in [0.1, 0.15) is 77.7 Å². The fraction of sp³-hybridized carbons (Fsp3) is 0.441. The number of rotatable bonds is 15. The highest BCUT2D eigenvalue weighted by molar-refractivity contribution is 5.94. The van der Waals surface area contributed by atoms with Gasteiger partial charge in [-0.15, -0.1) is 0 Å². The summed E-state index contributed by atoms with van der Waals surface area (Å²) in [5.74, 6) is -1.32. The summed E-state index contributed by atoms with van der Waals surface area (Å²) in [6.07, 6.45) is 1.30. The largest absolute Gasteiger partial charge is 0.390 e. The van der Waals surface area contributed by atoms with Gasteiger partial charge in [-0.3, -0.25) is 4.79 Å². The Balaban J connectivity index is 1.74. The lowest BCUT2D eigenvalue weighted by Gasteiger charge is -2.25. The zero-order valence-corrected chi connectivity index (χ0v) is 25.0. The number of amides is 1. The molecule has 7 heteroatoms. The predicted molar refractivity (Wildman–Crippen MR) is 162 cm³/mol. The van der Waals surface area contributed by atoms with E-state index in [4.69, 9.17) is 0 Å². The SMILES string of the molecule is CCCCN(C)Cc1cc(C)cc(C(=O)N[C@@H](Cc2cc(F)cc(F)c2)[C@H](O)CNCc2cccc(C(C)C)c2)c1. The molecule has 222 valence electrons. The Hall–Kier alpha value is -3.13. The average Bonchev–Trinajstić information content (AvgIpc) is 2.90. The molecule has 0 aromatic heterocycles. The minimum atomic E-state index is -0.997. The zero-order valence-electron chi connectivity index (χ0n) is 25.0. The van der Waals surface area contributed by atoms with Gasteiger partial charge in [-0.2, -0.15) is 0 Å². The highest BCUT2D eigenvalue weighted by atomic mass is 19.1. The van der Waals surface area contributed by atoms with Crippen LogP contribution in [-0.2, 0) is 19.5 Å². The molecule has 3 aromatic carbocycles. The number of nitrogens with zero attached hydrogens (tertiary/aromatic N) is 1. The molecule has 0 heterocycles. The van der Waals surface area contributed by atoms with E-state index >= 15 is 0 Å². The molecule has 0 spiro atoms. The first-order chi connectivity index (χ1) is 19.5. The molecule has 41 heavy (non-hydrogen) atoms. The van der Waals surface area contributed by atoms with Crippen LogP contribution in [0.4, 0.5) is 8.78 Å². The average molecular weight is 566 g/mol. The number of halogens is 2. The molecular weight excluding hydrogens is 520 g/mol. The molecular formula is C34H45F2N3O2. The number of aliphatic hydroxyl groups excluding tert-OH is 1. The maximum atomic E-state index is 14.0. The van der Waals surface area contributed by atoms with Gasteiger partial charge in [0, 0.05) is 31.3 Å². The Morgan fingerprint density at radius 3 is 2.39 bits per heavy atom. The lowest BCUT2D eigenvalue weighted by molar-refractivity contribution is 0.0829. The van der Waals surface area contributed by atoms with E-state index in [0.717, 1.165) is 48.7 Å². The molecule has 2 atom stereocenters. The van der Waals surface area contributed by atoms with Crippen LogP contribution in [0.15, 0.2) is 60.7 Å². The molecule has 0 aliphatic heterocycles. The van der Waals surface area contributed by atoms with Crippen LogP contribution in [0, 0.1) is 18.6 Å². The van der Waals surface area contributed by atoms with Crippen molar-refractivity contribution in [2.75, 3.05) is 20.1 Å². The first kappa shape index (κ1) is 32.4. The van der Waals surface area contributed by atoms with E-state index in [9.17, 15) is 18.7 Å². The van der Waals surface area contributed by atoms with Crippen molar-refractivity contribution < 1.29 is 18.7 Å². The topological polar surface area (TPSA) is 64.6 Å². The molecule has 0 aliphatic carbocycles. The third-order valence-electron chi connectivity index (χ3n) is 7.20. The number of carbonyl (C=O) groups excluding carboxylic acids is 1. The van der Waals surface area contributed by atoms with Gasteiger partial charge in [0.25, 0.3) is 5.91 Å². The molecule has 3 rings (SSSR count). The molecule has 3 N–H and O–H groups in total. The van der Waals surface area contributed by atoms with E-state index in [1.54, 1.807) is 0 Å². The number of nitrogens with one attached hydrogen (secondary N) is 2. The minimum absolute atomic E-state index is 0.0739. The number of aryl methyl sites for hydroxylation is 1. The Labute approximate surface area is 244 Å². The number of aliphatic hydroxyl groups is 1. The Kier molecular flexibility index (Phi) is 12.4. The summed E-state index contributed by atoms with van der Waals surface area (Å²) in [6.45, 7) is 10.8. The van der Waals surface area contributed by atoms with Gasteiger partial charge in [0.05, 0.1) is 12.1 Å². The molecule has 0 unspecified atom stereocenters. The second-order valence-corrected chi connectivity index (χ2v) is 11.5. The maximum absolute atomic E-state index is 14.0. The minimum Gasteiger partial charge on any atom is -0.390 e. The first-order valence-corrected chi connectivity index (χ1v) is 14.6. The van der Waals surface area contributed by atoms with Gasteiger partial charge in [0.15, 0.2) is 0 Å². The Morgan fingerprint density at radius 1 is 0.976 bits per heavy atom. The molecule has 3 aromatic rings. The summed E-state index contributed by atoms with van der Waals surface area (Å²) in [5.41, 5.74) is 5.17. The maximum Gasteiger partial charge on any atom is 0.251 e. The number of unbranched alkanes of at least 4 members (excludes halogenated alkanes) is 1. The zero-order chi connectivity index (χ0) is 29.9. The molecule has 0 aliphatic rings. The standard InChI is InChI=1S/C34H45F2N3O2/c1-6-7-11-39(5)22-27-12-24(4)13-29(15-27)34(41)38-32(18-26-16-30(35)19-31(36)17-26)33(40)21-37-20-25-9-8-10-28(14-25)23(2)3/h8-10,12-17,19,23,32-33,37,40H,6-7,11,18,20-22H2,1-5H3,(H,38,41)/t32-,33+/m0/s1. The van der Waals surface area contributed by atoms with E-state index < -0.39 is 23.8 Å². The van der Waals surface area contributed by atoms with E-state index in [0.29, 0.717) is 23.6 Å². The Bertz CT molecular complexity index is 1260. The second-order valence-electron chi connectivity index (χ2n) is 11.5. The third-order valence-corrected chi connectivity index (χ3v) is 7.20. The molecule has 0 fully saturated rings. The van der Waals surface area contributed by atoms with E-state index in [-0.39, 0.29) is 18.9 Å². The van der Waals surface area contributed by atoms with Crippen LogP contribution in [0.25, 0.3) is 0 Å². The monoisotopic (exact) mass is 565 g/mol. The van der Waals surface area contributed by atoms with Crippen molar-refractivity contribution in [1.82, 2.24) is 15.5 Å². The van der Waals surface area contributed by atoms with Crippen molar-refractivity contribution in [3.63, 3.8) is 0 Å². The van der Waals surface area contributed by atoms with Crippen molar-refractivity contribution in [2.45, 2.75) is 78.1 Å². The number of hydrogen-bond acceptors (Lipinski definition) is 4. The number of benzene rings is 3. The normalized spacial score (nSPS) is 13.0. The fourth-order valence-electron chi connectivity index (χ4n) is 4.99. The quantitative estimate of drug-likeness (QED) is 0.208. The summed E-state index contributed by atoms with van der Waals surface area (Å²) in [6, 6.07) is 16.5. The molecule has 5 nitrogen and oxygen atoms in total. The third kappa shape index (κ3) is 10.7. The second kappa shape index (κ2) is 15.8. The van der Waals surface area contributed by atoms with Gasteiger partial charge in [0.2, 0.25) is 0 Å². The summed E-state index contributed by atoms with van der Waals surface area (Å²) in [4.78, 5) is 15.7. The van der Waals surface area contributed by atoms with Crippen LogP contribution >= 0.6 is 0 Å². The van der Waals surface area contributed by atoms with Crippen LogP contribution in [0.2, 0.25) is 0 Å². The van der Waals surface area contributed by atoms with Gasteiger partial charge in [-0.05, 0) is 85.8 Å². The van der Waals surface area contributed by atoms with Gasteiger partial charge >= 0.3 is 0 Å². The van der Waals surface area contributed by atoms with Gasteiger partial charge in [0.1, 0.15) is 11.6 Å². The van der Waals surface area contributed by atoms with Gasteiger partial charge in [-0.1, -0.05) is 63.1 Å². The van der Waals surface area contributed by atoms with Crippen LogP contribution in [0.5, 0.6) is 0 Å². The van der Waals surface area contributed by atoms with E-state index in [2.05, 4.69) is 61.6 Å². The summed E-state index contributed by atoms with van der Waals surface area (Å²) in [5, 5.41) is 17.4. The molecule has 1 amide bonds. The molecule has 0 saturated heterocycles. The van der Waals surface area contributed by atoms with Gasteiger partial charge < -0.3 is 20.6 Å². The van der Waals surface area contributed by atoms with Crippen molar-refractivity contribution in [2.24, 2.45) is 0 Å². The predicted octanol–water partition coefficient (Wildman–Crippen LogP) is 6.12. The molecule has 0 radical (unpaired) electrons. The smallest absolute Gasteiger partial charge is 0.251 e. The van der Waals surface area contributed by atoms with Crippen LogP contribution < -0.4 is 10.6 Å². The Morgan fingerprint density at radius 2 is 1.71 bits per heavy atom. The molecule has 0 bridgehead atoms. The van der Waals surface area contributed by atoms with Crippen molar-refractivity contribution >= 4 is 5.91 Å². The summed E-state index contributed by atoms with van der Waals surface area (Å²) in [7, 11) is 2.06. The van der Waals surface area contributed by atoms with Crippen molar-refractivity contribution in [3.05, 3.63) is 106 Å². The van der Waals surface area contributed by atoms with Crippen molar-refractivity contribution in [1.29, 1.82) is 0 Å². The summed E-state index contributed by atoms with van der Waals surface area (Å²) >= 11 is 0. The lowest BCUT2D eigenvalue weighted by Crippen LogP contribution is -2.48. The van der Waals surface area contributed by atoms with Crippen molar-refractivity contribution in [3.8, 4) is 0 Å². The summed E-state index contributed by atoms with van der Waals surface area (Å²) < 4.78 is 27.9. The number of hydrogen-bond donors (Lipinski definition) is 3. The highest BCUT2D eigenvalue weighted by Gasteiger charge is 2.23. The van der Waals surface area contributed by atoms with E-state index in [1.807, 2.05) is 31.2 Å². The van der Waals surface area contributed by atoms with Gasteiger partial charge in [-0.25, -0.2) is 8.78 Å².